The summed E-state index contributed by atoms with van der Waals surface area (Å²) >= 11 is 0. The van der Waals surface area contributed by atoms with E-state index in [1.165, 1.54) is 12.1 Å². The third kappa shape index (κ3) is 2.88. The van der Waals surface area contributed by atoms with E-state index in [2.05, 4.69) is 34.7 Å². The van der Waals surface area contributed by atoms with Crippen LogP contribution in [-0.4, -0.2) is 42.1 Å². The van der Waals surface area contributed by atoms with Crippen LogP contribution in [-0.2, 0) is 0 Å². The van der Waals surface area contributed by atoms with Crippen LogP contribution in [0, 0.1) is 0 Å². The van der Waals surface area contributed by atoms with Crippen LogP contribution in [0.1, 0.15) is 20.3 Å². The summed E-state index contributed by atoms with van der Waals surface area (Å²) in [5.41, 5.74) is 6.78. The third-order valence-electron chi connectivity index (χ3n) is 3.66. The van der Waals surface area contributed by atoms with E-state index in [4.69, 9.17) is 5.73 Å². The Balaban J connectivity index is 1.93. The van der Waals surface area contributed by atoms with Gasteiger partial charge >= 0.3 is 0 Å². The molecular formula is C13H22N4. The van der Waals surface area contributed by atoms with Crippen molar-refractivity contribution in [2.24, 2.45) is 0 Å². The first kappa shape index (κ1) is 12.2. The lowest BCUT2D eigenvalue weighted by atomic mass is 10.2. The first-order valence-corrected chi connectivity index (χ1v) is 6.41. The number of hydrogen-bond acceptors (Lipinski definition) is 4. The number of nitrogens with zero attached hydrogens (tertiary/aromatic N) is 3. The summed E-state index contributed by atoms with van der Waals surface area (Å²) in [6, 6.07) is 4.62. The lowest BCUT2D eigenvalue weighted by Crippen LogP contribution is -2.49. The van der Waals surface area contributed by atoms with Crippen molar-refractivity contribution >= 4 is 11.5 Å². The van der Waals surface area contributed by atoms with Crippen LogP contribution < -0.4 is 10.6 Å². The van der Waals surface area contributed by atoms with Gasteiger partial charge in [-0.3, -0.25) is 4.90 Å². The molecule has 0 aromatic carbocycles. The van der Waals surface area contributed by atoms with Gasteiger partial charge in [-0.25, -0.2) is 4.98 Å². The van der Waals surface area contributed by atoms with E-state index in [9.17, 15) is 0 Å². The molecule has 1 aromatic heterocycles. The molecule has 1 atom stereocenters. The SMILES string of the molecule is CCC(C)N1CCN(c2ccc(N)nc2)CC1. The maximum Gasteiger partial charge on any atom is 0.123 e. The highest BCUT2D eigenvalue weighted by atomic mass is 15.3. The molecule has 0 saturated carbocycles. The van der Waals surface area contributed by atoms with E-state index in [0.29, 0.717) is 11.9 Å². The number of pyridine rings is 1. The van der Waals surface area contributed by atoms with Crippen LogP contribution in [0.4, 0.5) is 11.5 Å². The highest BCUT2D eigenvalue weighted by molar-refractivity contribution is 5.48. The molecule has 17 heavy (non-hydrogen) atoms. The average molecular weight is 234 g/mol. The van der Waals surface area contributed by atoms with Gasteiger partial charge in [0.05, 0.1) is 11.9 Å². The number of aromatic nitrogens is 1. The van der Waals surface area contributed by atoms with Crippen LogP contribution in [0.2, 0.25) is 0 Å². The minimum absolute atomic E-state index is 0.590. The fourth-order valence-electron chi connectivity index (χ4n) is 2.26. The van der Waals surface area contributed by atoms with Crippen molar-refractivity contribution in [3.8, 4) is 0 Å². The molecule has 2 heterocycles. The molecule has 1 fully saturated rings. The molecule has 1 aromatic rings. The number of nitrogens with two attached hydrogens (primary N) is 1. The van der Waals surface area contributed by atoms with Gasteiger partial charge in [0.2, 0.25) is 0 Å². The summed E-state index contributed by atoms with van der Waals surface area (Å²) in [7, 11) is 0. The number of piperazine rings is 1. The molecule has 1 aliphatic heterocycles. The monoisotopic (exact) mass is 234 g/mol. The number of anilines is 2. The Morgan fingerprint density at radius 2 is 2.00 bits per heavy atom. The van der Waals surface area contributed by atoms with Crippen LogP contribution in [0.25, 0.3) is 0 Å². The second-order valence-electron chi connectivity index (χ2n) is 4.72. The molecule has 0 radical (unpaired) electrons. The standard InChI is InChI=1S/C13H22N4/c1-3-11(2)16-6-8-17(9-7-16)12-4-5-13(14)15-10-12/h4-5,10-11H,3,6-9H2,1-2H3,(H2,14,15). The number of hydrogen-bond donors (Lipinski definition) is 1. The molecule has 0 spiro atoms. The molecule has 0 aliphatic carbocycles. The van der Waals surface area contributed by atoms with E-state index in [1.54, 1.807) is 0 Å². The molecule has 2 rings (SSSR count). The predicted molar refractivity (Wildman–Crippen MR) is 72.2 cm³/mol. The van der Waals surface area contributed by atoms with Crippen LogP contribution in [0.15, 0.2) is 18.3 Å². The summed E-state index contributed by atoms with van der Waals surface area (Å²) < 4.78 is 0. The zero-order valence-electron chi connectivity index (χ0n) is 10.8. The molecule has 1 saturated heterocycles. The summed E-state index contributed by atoms with van der Waals surface area (Å²) in [5.74, 6) is 0.590. The Hall–Kier alpha value is -1.29. The van der Waals surface area contributed by atoms with Gasteiger partial charge in [-0.15, -0.1) is 0 Å². The maximum atomic E-state index is 5.60. The number of nitrogen functional groups attached to an aromatic ring is 1. The van der Waals surface area contributed by atoms with Gasteiger partial charge in [-0.05, 0) is 25.5 Å². The summed E-state index contributed by atoms with van der Waals surface area (Å²) in [4.78, 5) is 9.08. The van der Waals surface area contributed by atoms with Gasteiger partial charge in [0.15, 0.2) is 0 Å². The second kappa shape index (κ2) is 5.36. The molecule has 94 valence electrons. The zero-order valence-corrected chi connectivity index (χ0v) is 10.8. The van der Waals surface area contributed by atoms with Crippen LogP contribution in [0.3, 0.4) is 0 Å². The zero-order chi connectivity index (χ0) is 12.3. The van der Waals surface area contributed by atoms with E-state index >= 15 is 0 Å². The molecule has 0 amide bonds. The van der Waals surface area contributed by atoms with Crippen molar-refractivity contribution in [2.75, 3.05) is 36.8 Å². The van der Waals surface area contributed by atoms with Crippen molar-refractivity contribution in [3.05, 3.63) is 18.3 Å². The predicted octanol–water partition coefficient (Wildman–Crippen LogP) is 1.58. The summed E-state index contributed by atoms with van der Waals surface area (Å²) in [6.07, 6.45) is 3.09. The minimum atomic E-state index is 0.590. The largest absolute Gasteiger partial charge is 0.384 e. The van der Waals surface area contributed by atoms with Crippen molar-refractivity contribution in [1.29, 1.82) is 0 Å². The first-order valence-electron chi connectivity index (χ1n) is 6.41. The Morgan fingerprint density at radius 3 is 2.53 bits per heavy atom. The topological polar surface area (TPSA) is 45.4 Å². The molecule has 0 bridgehead atoms. The fourth-order valence-corrected chi connectivity index (χ4v) is 2.26. The van der Waals surface area contributed by atoms with E-state index in [-0.39, 0.29) is 0 Å². The Labute approximate surface area is 103 Å². The molecule has 2 N–H and O–H groups in total. The molecule has 4 nitrogen and oxygen atoms in total. The van der Waals surface area contributed by atoms with Crippen molar-refractivity contribution < 1.29 is 0 Å². The van der Waals surface area contributed by atoms with E-state index in [1.807, 2.05) is 12.3 Å². The summed E-state index contributed by atoms with van der Waals surface area (Å²) in [6.45, 7) is 8.99. The first-order chi connectivity index (χ1) is 8.20. The lowest BCUT2D eigenvalue weighted by Gasteiger charge is -2.38. The van der Waals surface area contributed by atoms with Gasteiger partial charge in [-0.1, -0.05) is 6.92 Å². The van der Waals surface area contributed by atoms with E-state index in [0.717, 1.165) is 26.2 Å². The smallest absolute Gasteiger partial charge is 0.123 e. The van der Waals surface area contributed by atoms with Gasteiger partial charge < -0.3 is 10.6 Å². The van der Waals surface area contributed by atoms with Gasteiger partial charge in [-0.2, -0.15) is 0 Å². The number of rotatable bonds is 3. The van der Waals surface area contributed by atoms with Gasteiger partial charge in [0.25, 0.3) is 0 Å². The van der Waals surface area contributed by atoms with Crippen LogP contribution in [0.5, 0.6) is 0 Å². The minimum Gasteiger partial charge on any atom is -0.384 e. The van der Waals surface area contributed by atoms with Gasteiger partial charge in [0.1, 0.15) is 5.82 Å². The second-order valence-corrected chi connectivity index (χ2v) is 4.72. The molecule has 1 aliphatic rings. The molecular weight excluding hydrogens is 212 g/mol. The van der Waals surface area contributed by atoms with Crippen LogP contribution >= 0.6 is 0 Å². The van der Waals surface area contributed by atoms with Crippen molar-refractivity contribution in [3.63, 3.8) is 0 Å². The van der Waals surface area contributed by atoms with Gasteiger partial charge in [0, 0.05) is 32.2 Å². The Bertz CT molecular complexity index is 341. The summed E-state index contributed by atoms with van der Waals surface area (Å²) in [5, 5.41) is 0. The fraction of sp³-hybridized carbons (Fsp3) is 0.615. The third-order valence-corrected chi connectivity index (χ3v) is 3.66. The highest BCUT2D eigenvalue weighted by Gasteiger charge is 2.20. The van der Waals surface area contributed by atoms with E-state index < -0.39 is 0 Å². The lowest BCUT2D eigenvalue weighted by molar-refractivity contribution is 0.193. The van der Waals surface area contributed by atoms with Crippen molar-refractivity contribution in [1.82, 2.24) is 9.88 Å². The maximum absolute atomic E-state index is 5.60. The Morgan fingerprint density at radius 1 is 1.29 bits per heavy atom. The highest BCUT2D eigenvalue weighted by Crippen LogP contribution is 2.17. The Kier molecular flexibility index (Phi) is 3.84. The molecule has 1 unspecified atom stereocenters. The quantitative estimate of drug-likeness (QED) is 0.862. The van der Waals surface area contributed by atoms with Crippen molar-refractivity contribution in [2.45, 2.75) is 26.3 Å². The molecule has 4 heteroatoms. The average Bonchev–Trinajstić information content (AvgIpc) is 2.39. The normalized spacial score (nSPS) is 19.3.